The minimum atomic E-state index is -0.485. The van der Waals surface area contributed by atoms with Crippen LogP contribution in [0.1, 0.15) is 6.92 Å². The Bertz CT molecular complexity index is 643. The van der Waals surface area contributed by atoms with Gasteiger partial charge in [0.05, 0.1) is 5.25 Å². The van der Waals surface area contributed by atoms with Crippen molar-refractivity contribution in [2.45, 2.75) is 17.1 Å². The van der Waals surface area contributed by atoms with Gasteiger partial charge in [-0.3, -0.25) is 10.1 Å². The summed E-state index contributed by atoms with van der Waals surface area (Å²) in [7, 11) is 1.48. The summed E-state index contributed by atoms with van der Waals surface area (Å²) in [6.45, 7) is 1.78. The van der Waals surface area contributed by atoms with Crippen molar-refractivity contribution in [2.24, 2.45) is 0 Å². The van der Waals surface area contributed by atoms with Gasteiger partial charge in [-0.15, -0.1) is 11.8 Å². The van der Waals surface area contributed by atoms with Crippen molar-refractivity contribution in [2.75, 3.05) is 7.05 Å². The van der Waals surface area contributed by atoms with Crippen molar-refractivity contribution in [1.29, 1.82) is 0 Å². The Balaban J connectivity index is 2.07. The first-order valence-corrected chi connectivity index (χ1v) is 7.16. The molecule has 0 fully saturated rings. The van der Waals surface area contributed by atoms with E-state index in [0.717, 1.165) is 10.3 Å². The van der Waals surface area contributed by atoms with Gasteiger partial charge in [0.25, 0.3) is 0 Å². The highest BCUT2D eigenvalue weighted by molar-refractivity contribution is 8.00. The van der Waals surface area contributed by atoms with Gasteiger partial charge >= 0.3 is 6.03 Å². The van der Waals surface area contributed by atoms with Gasteiger partial charge in [0, 0.05) is 11.9 Å². The van der Waals surface area contributed by atoms with E-state index in [1.54, 1.807) is 6.92 Å². The lowest BCUT2D eigenvalue weighted by Gasteiger charge is -2.11. The van der Waals surface area contributed by atoms with Gasteiger partial charge in [0.15, 0.2) is 0 Å². The van der Waals surface area contributed by atoms with Crippen molar-refractivity contribution in [1.82, 2.24) is 10.6 Å². The zero-order valence-corrected chi connectivity index (χ0v) is 12.2. The molecule has 0 saturated heterocycles. The van der Waals surface area contributed by atoms with Crippen molar-refractivity contribution >= 4 is 34.5 Å². The Hall–Kier alpha value is -2.01. The van der Waals surface area contributed by atoms with Crippen LogP contribution in [0.4, 0.5) is 4.79 Å². The highest BCUT2D eigenvalue weighted by atomic mass is 32.2. The maximum Gasteiger partial charge on any atom is 0.321 e. The maximum absolute atomic E-state index is 11.8. The lowest BCUT2D eigenvalue weighted by atomic mass is 10.1. The van der Waals surface area contributed by atoms with E-state index in [0.29, 0.717) is 0 Å². The van der Waals surface area contributed by atoms with Crippen molar-refractivity contribution in [3.63, 3.8) is 0 Å². The molecule has 0 saturated carbocycles. The molecule has 2 aromatic carbocycles. The zero-order valence-electron chi connectivity index (χ0n) is 11.3. The molecule has 1 atom stereocenters. The third kappa shape index (κ3) is 3.51. The number of hydrogen-bond donors (Lipinski definition) is 2. The molecular weight excluding hydrogens is 272 g/mol. The number of carbonyl (C=O) groups excluding carboxylic acids is 2. The number of rotatable bonds is 3. The van der Waals surface area contributed by atoms with Gasteiger partial charge in [-0.1, -0.05) is 30.3 Å². The van der Waals surface area contributed by atoms with Crippen LogP contribution in [0.15, 0.2) is 47.4 Å². The molecule has 0 aliphatic carbocycles. The minimum Gasteiger partial charge on any atom is -0.341 e. The largest absolute Gasteiger partial charge is 0.341 e. The quantitative estimate of drug-likeness (QED) is 0.854. The number of benzene rings is 2. The number of nitrogens with one attached hydrogen (secondary N) is 2. The van der Waals surface area contributed by atoms with Gasteiger partial charge in [-0.2, -0.15) is 0 Å². The molecule has 104 valence electrons. The summed E-state index contributed by atoms with van der Waals surface area (Å²) in [6.07, 6.45) is 0. The predicted molar refractivity (Wildman–Crippen MR) is 81.9 cm³/mol. The van der Waals surface area contributed by atoms with Crippen LogP contribution in [-0.4, -0.2) is 24.2 Å². The lowest BCUT2D eigenvalue weighted by Crippen LogP contribution is -2.41. The van der Waals surface area contributed by atoms with E-state index in [-0.39, 0.29) is 11.2 Å². The number of hydrogen-bond acceptors (Lipinski definition) is 3. The molecule has 2 aromatic rings. The Morgan fingerprint density at radius 1 is 1.10 bits per heavy atom. The zero-order chi connectivity index (χ0) is 14.5. The molecule has 2 N–H and O–H groups in total. The third-order valence-corrected chi connectivity index (χ3v) is 3.96. The molecule has 0 aromatic heterocycles. The Labute approximate surface area is 121 Å². The number of urea groups is 1. The second-order valence-electron chi connectivity index (χ2n) is 4.34. The van der Waals surface area contributed by atoms with Gasteiger partial charge in [-0.25, -0.2) is 4.79 Å². The van der Waals surface area contributed by atoms with Gasteiger partial charge < -0.3 is 5.32 Å². The second kappa shape index (κ2) is 6.43. The summed E-state index contributed by atoms with van der Waals surface area (Å²) >= 11 is 1.43. The lowest BCUT2D eigenvalue weighted by molar-refractivity contribution is -0.119. The van der Waals surface area contributed by atoms with E-state index in [2.05, 4.69) is 10.6 Å². The Kier molecular flexibility index (Phi) is 4.63. The first kappa shape index (κ1) is 14.4. The van der Waals surface area contributed by atoms with E-state index >= 15 is 0 Å². The van der Waals surface area contributed by atoms with Crippen LogP contribution in [0.25, 0.3) is 10.8 Å². The SMILES string of the molecule is CNC(=O)NC(=O)[C@H](C)Sc1ccc2ccccc2c1. The van der Waals surface area contributed by atoms with Crippen molar-refractivity contribution in [3.8, 4) is 0 Å². The highest BCUT2D eigenvalue weighted by Gasteiger charge is 2.16. The molecule has 4 nitrogen and oxygen atoms in total. The van der Waals surface area contributed by atoms with E-state index in [9.17, 15) is 9.59 Å². The third-order valence-electron chi connectivity index (χ3n) is 2.87. The van der Waals surface area contributed by atoms with Crippen LogP contribution >= 0.6 is 11.8 Å². The molecule has 0 spiro atoms. The summed E-state index contributed by atoms with van der Waals surface area (Å²) in [5, 5.41) is 6.60. The molecule has 0 bridgehead atoms. The summed E-state index contributed by atoms with van der Waals surface area (Å²) in [4.78, 5) is 23.9. The van der Waals surface area contributed by atoms with Crippen molar-refractivity contribution < 1.29 is 9.59 Å². The molecule has 0 heterocycles. The molecule has 0 radical (unpaired) electrons. The average molecular weight is 288 g/mol. The molecule has 5 heteroatoms. The summed E-state index contributed by atoms with van der Waals surface area (Å²) in [5.41, 5.74) is 0. The summed E-state index contributed by atoms with van der Waals surface area (Å²) in [5.74, 6) is -0.303. The maximum atomic E-state index is 11.8. The number of amides is 3. The first-order valence-electron chi connectivity index (χ1n) is 6.28. The standard InChI is InChI=1S/C15H16N2O2S/c1-10(14(18)17-15(19)16-2)20-13-8-7-11-5-3-4-6-12(11)9-13/h3-10H,1-2H3,(H2,16,17,18,19)/t10-/m0/s1. The summed E-state index contributed by atoms with van der Waals surface area (Å²) in [6, 6.07) is 13.6. The van der Waals surface area contributed by atoms with E-state index in [1.807, 2.05) is 42.5 Å². The van der Waals surface area contributed by atoms with Gasteiger partial charge in [0.1, 0.15) is 0 Å². The van der Waals surface area contributed by atoms with Crippen LogP contribution in [0, 0.1) is 0 Å². The van der Waals surface area contributed by atoms with E-state index in [1.165, 1.54) is 24.2 Å². The molecule has 0 unspecified atom stereocenters. The van der Waals surface area contributed by atoms with E-state index in [4.69, 9.17) is 0 Å². The second-order valence-corrected chi connectivity index (χ2v) is 5.75. The number of imide groups is 1. The number of carbonyl (C=O) groups is 2. The minimum absolute atomic E-state index is 0.303. The topological polar surface area (TPSA) is 58.2 Å². The Morgan fingerprint density at radius 2 is 1.80 bits per heavy atom. The average Bonchev–Trinajstić information content (AvgIpc) is 2.46. The molecule has 0 aliphatic rings. The molecular formula is C15H16N2O2S. The monoisotopic (exact) mass is 288 g/mol. The van der Waals surface area contributed by atoms with Crippen LogP contribution in [-0.2, 0) is 4.79 Å². The Morgan fingerprint density at radius 3 is 2.50 bits per heavy atom. The van der Waals surface area contributed by atoms with Crippen LogP contribution < -0.4 is 10.6 Å². The fourth-order valence-corrected chi connectivity index (χ4v) is 2.69. The molecule has 3 amide bonds. The smallest absolute Gasteiger partial charge is 0.321 e. The number of fused-ring (bicyclic) bond motifs is 1. The number of thioether (sulfide) groups is 1. The normalized spacial score (nSPS) is 11.9. The van der Waals surface area contributed by atoms with Crippen LogP contribution in [0.2, 0.25) is 0 Å². The summed E-state index contributed by atoms with van der Waals surface area (Å²) < 4.78 is 0. The van der Waals surface area contributed by atoms with Gasteiger partial charge in [0.2, 0.25) is 5.91 Å². The molecule has 20 heavy (non-hydrogen) atoms. The fraction of sp³-hybridized carbons (Fsp3) is 0.200. The molecule has 0 aliphatic heterocycles. The van der Waals surface area contributed by atoms with Crippen LogP contribution in [0.5, 0.6) is 0 Å². The fourth-order valence-electron chi connectivity index (χ4n) is 1.77. The molecule has 2 rings (SSSR count). The van der Waals surface area contributed by atoms with Crippen LogP contribution in [0.3, 0.4) is 0 Å². The van der Waals surface area contributed by atoms with Crippen molar-refractivity contribution in [3.05, 3.63) is 42.5 Å². The predicted octanol–water partition coefficient (Wildman–Crippen LogP) is 2.78. The van der Waals surface area contributed by atoms with Gasteiger partial charge in [-0.05, 0) is 29.8 Å². The van der Waals surface area contributed by atoms with E-state index < -0.39 is 6.03 Å². The highest BCUT2D eigenvalue weighted by Crippen LogP contribution is 2.26. The first-order chi connectivity index (χ1) is 9.60.